The highest BCUT2D eigenvalue weighted by atomic mass is 32.2. The van der Waals surface area contributed by atoms with Crippen LogP contribution in [0.1, 0.15) is 36.5 Å². The summed E-state index contributed by atoms with van der Waals surface area (Å²) in [6.07, 6.45) is 4.31. The number of benzene rings is 2. The first-order valence-corrected chi connectivity index (χ1v) is 9.83. The van der Waals surface area contributed by atoms with E-state index in [9.17, 15) is 9.59 Å². The molecule has 1 amide bonds. The van der Waals surface area contributed by atoms with Crippen molar-refractivity contribution in [2.75, 3.05) is 6.61 Å². The molecule has 0 bridgehead atoms. The zero-order valence-corrected chi connectivity index (χ0v) is 15.4. The predicted octanol–water partition coefficient (Wildman–Crippen LogP) is 4.12. The Bertz CT molecular complexity index is 715. The SMILES string of the molecule is O=C(COC(=O)[C@H](Sc1ccccc1)c1ccccc1)NC1CCCC1. The molecule has 0 heterocycles. The standard InChI is InChI=1S/C21H23NO3S/c23-19(22-17-11-7-8-12-17)15-25-21(24)20(16-9-3-1-4-10-16)26-18-13-5-2-6-14-18/h1-6,9-10,13-14,17,20H,7-8,11-12,15H2,(H,22,23)/t20-/m1/s1. The van der Waals surface area contributed by atoms with E-state index in [0.717, 1.165) is 36.1 Å². The van der Waals surface area contributed by atoms with E-state index in [-0.39, 0.29) is 18.6 Å². The average molecular weight is 369 g/mol. The lowest BCUT2D eigenvalue weighted by Gasteiger charge is -2.17. The monoisotopic (exact) mass is 369 g/mol. The normalized spacial score (nSPS) is 15.4. The number of hydrogen-bond donors (Lipinski definition) is 1. The minimum atomic E-state index is -0.502. The van der Waals surface area contributed by atoms with Gasteiger partial charge in [0, 0.05) is 10.9 Å². The van der Waals surface area contributed by atoms with Gasteiger partial charge in [-0.05, 0) is 30.5 Å². The molecule has 1 atom stereocenters. The number of thioether (sulfide) groups is 1. The molecule has 0 saturated heterocycles. The van der Waals surface area contributed by atoms with Gasteiger partial charge in [0.05, 0.1) is 0 Å². The Labute approximate surface area is 158 Å². The van der Waals surface area contributed by atoms with Crippen LogP contribution in [0.5, 0.6) is 0 Å². The van der Waals surface area contributed by atoms with Crippen LogP contribution >= 0.6 is 11.8 Å². The van der Waals surface area contributed by atoms with Crippen molar-refractivity contribution in [2.24, 2.45) is 0 Å². The molecule has 1 aliphatic rings. The first-order chi connectivity index (χ1) is 12.7. The molecule has 0 radical (unpaired) electrons. The number of hydrogen-bond acceptors (Lipinski definition) is 4. The number of rotatable bonds is 7. The molecule has 4 nitrogen and oxygen atoms in total. The molecule has 0 aliphatic heterocycles. The summed E-state index contributed by atoms with van der Waals surface area (Å²) < 4.78 is 5.33. The predicted molar refractivity (Wildman–Crippen MR) is 103 cm³/mol. The van der Waals surface area contributed by atoms with Crippen molar-refractivity contribution in [1.82, 2.24) is 5.32 Å². The second-order valence-corrected chi connectivity index (χ2v) is 7.56. The van der Waals surface area contributed by atoms with Gasteiger partial charge in [0.15, 0.2) is 6.61 Å². The van der Waals surface area contributed by atoms with E-state index < -0.39 is 11.2 Å². The summed E-state index contributed by atoms with van der Waals surface area (Å²) in [7, 11) is 0. The molecule has 0 aromatic heterocycles. The van der Waals surface area contributed by atoms with Crippen LogP contribution < -0.4 is 5.32 Å². The summed E-state index contributed by atoms with van der Waals surface area (Å²) in [6, 6.07) is 19.5. The molecule has 136 valence electrons. The highest BCUT2D eigenvalue weighted by molar-refractivity contribution is 8.00. The minimum absolute atomic E-state index is 0.221. The quantitative estimate of drug-likeness (QED) is 0.589. The van der Waals surface area contributed by atoms with Gasteiger partial charge in [-0.3, -0.25) is 9.59 Å². The van der Waals surface area contributed by atoms with Crippen LogP contribution in [0.2, 0.25) is 0 Å². The third-order valence-corrected chi connectivity index (χ3v) is 5.62. The number of carbonyl (C=O) groups is 2. The first kappa shape index (κ1) is 18.5. The Morgan fingerprint density at radius 2 is 1.62 bits per heavy atom. The number of carbonyl (C=O) groups excluding carboxylic acids is 2. The minimum Gasteiger partial charge on any atom is -0.454 e. The van der Waals surface area contributed by atoms with E-state index in [1.807, 2.05) is 60.7 Å². The largest absolute Gasteiger partial charge is 0.454 e. The number of amides is 1. The van der Waals surface area contributed by atoms with Crippen LogP contribution in [-0.4, -0.2) is 24.5 Å². The molecular formula is C21H23NO3S. The Morgan fingerprint density at radius 3 is 2.27 bits per heavy atom. The van der Waals surface area contributed by atoms with Gasteiger partial charge in [0.25, 0.3) is 5.91 Å². The number of ether oxygens (including phenoxy) is 1. The second kappa shape index (κ2) is 9.43. The number of esters is 1. The molecule has 26 heavy (non-hydrogen) atoms. The fourth-order valence-electron chi connectivity index (χ4n) is 3.07. The molecule has 1 N–H and O–H groups in total. The molecule has 0 unspecified atom stereocenters. The molecule has 1 aliphatic carbocycles. The third-order valence-electron chi connectivity index (χ3n) is 4.38. The van der Waals surface area contributed by atoms with Gasteiger partial charge in [0.2, 0.25) is 0 Å². The summed E-state index contributed by atoms with van der Waals surface area (Å²) >= 11 is 1.43. The van der Waals surface area contributed by atoms with E-state index in [0.29, 0.717) is 0 Å². The lowest BCUT2D eigenvalue weighted by Crippen LogP contribution is -2.36. The highest BCUT2D eigenvalue weighted by Gasteiger charge is 2.25. The Hall–Kier alpha value is -2.27. The van der Waals surface area contributed by atoms with Gasteiger partial charge < -0.3 is 10.1 Å². The van der Waals surface area contributed by atoms with Crippen LogP contribution in [0.4, 0.5) is 0 Å². The molecule has 1 fully saturated rings. The summed E-state index contributed by atoms with van der Waals surface area (Å²) in [6.45, 7) is -0.228. The third kappa shape index (κ3) is 5.36. The van der Waals surface area contributed by atoms with Crippen molar-refractivity contribution in [3.8, 4) is 0 Å². The molecule has 3 rings (SSSR count). The molecule has 0 spiro atoms. The maximum Gasteiger partial charge on any atom is 0.324 e. The van der Waals surface area contributed by atoms with Crippen molar-refractivity contribution in [2.45, 2.75) is 41.9 Å². The van der Waals surface area contributed by atoms with Crippen molar-refractivity contribution in [3.63, 3.8) is 0 Å². The van der Waals surface area contributed by atoms with E-state index in [1.165, 1.54) is 11.8 Å². The maximum atomic E-state index is 12.7. The molecule has 2 aromatic rings. The molecule has 1 saturated carbocycles. The van der Waals surface area contributed by atoms with Crippen LogP contribution in [0, 0.1) is 0 Å². The van der Waals surface area contributed by atoms with Gasteiger partial charge in [-0.1, -0.05) is 61.4 Å². The Balaban J connectivity index is 1.62. The fourth-order valence-corrected chi connectivity index (χ4v) is 4.11. The van der Waals surface area contributed by atoms with E-state index >= 15 is 0 Å². The van der Waals surface area contributed by atoms with Gasteiger partial charge in [0.1, 0.15) is 5.25 Å². The molecule has 2 aromatic carbocycles. The summed E-state index contributed by atoms with van der Waals surface area (Å²) in [5.41, 5.74) is 0.863. The van der Waals surface area contributed by atoms with Gasteiger partial charge in [-0.15, -0.1) is 11.8 Å². The van der Waals surface area contributed by atoms with E-state index in [1.54, 1.807) is 0 Å². The maximum absolute atomic E-state index is 12.7. The van der Waals surface area contributed by atoms with Crippen molar-refractivity contribution in [3.05, 3.63) is 66.2 Å². The van der Waals surface area contributed by atoms with Crippen molar-refractivity contribution in [1.29, 1.82) is 0 Å². The average Bonchev–Trinajstić information content (AvgIpc) is 3.19. The zero-order valence-electron chi connectivity index (χ0n) is 14.6. The Kier molecular flexibility index (Phi) is 6.72. The van der Waals surface area contributed by atoms with Crippen LogP contribution in [0.3, 0.4) is 0 Å². The van der Waals surface area contributed by atoms with Gasteiger partial charge in [-0.2, -0.15) is 0 Å². The van der Waals surface area contributed by atoms with Gasteiger partial charge in [-0.25, -0.2) is 0 Å². The fraction of sp³-hybridized carbons (Fsp3) is 0.333. The first-order valence-electron chi connectivity index (χ1n) is 8.95. The van der Waals surface area contributed by atoms with E-state index in [2.05, 4.69) is 5.32 Å². The van der Waals surface area contributed by atoms with E-state index in [4.69, 9.17) is 4.74 Å². The highest BCUT2D eigenvalue weighted by Crippen LogP contribution is 2.36. The van der Waals surface area contributed by atoms with Gasteiger partial charge >= 0.3 is 5.97 Å². The van der Waals surface area contributed by atoms with Crippen molar-refractivity contribution < 1.29 is 14.3 Å². The summed E-state index contributed by atoms with van der Waals surface area (Å²) in [5, 5.41) is 2.44. The topological polar surface area (TPSA) is 55.4 Å². The van der Waals surface area contributed by atoms with Crippen LogP contribution in [0.25, 0.3) is 0 Å². The molecular weight excluding hydrogens is 346 g/mol. The number of nitrogens with one attached hydrogen (secondary N) is 1. The smallest absolute Gasteiger partial charge is 0.324 e. The van der Waals surface area contributed by atoms with Crippen LogP contribution in [0.15, 0.2) is 65.6 Å². The summed E-state index contributed by atoms with van der Waals surface area (Å²) in [5.74, 6) is -0.617. The van der Waals surface area contributed by atoms with Crippen LogP contribution in [-0.2, 0) is 14.3 Å². The lowest BCUT2D eigenvalue weighted by molar-refractivity contribution is -0.148. The zero-order chi connectivity index (χ0) is 18.2. The lowest BCUT2D eigenvalue weighted by atomic mass is 10.1. The Morgan fingerprint density at radius 1 is 1.00 bits per heavy atom. The second-order valence-electron chi connectivity index (χ2n) is 6.38. The summed E-state index contributed by atoms with van der Waals surface area (Å²) in [4.78, 5) is 25.7. The molecule has 5 heteroatoms. The van der Waals surface area contributed by atoms with Crippen molar-refractivity contribution >= 4 is 23.6 Å².